The van der Waals surface area contributed by atoms with Crippen LogP contribution < -0.4 is 10.6 Å². The van der Waals surface area contributed by atoms with E-state index in [-0.39, 0.29) is 29.9 Å². The normalized spacial score (nSPS) is 19.6. The summed E-state index contributed by atoms with van der Waals surface area (Å²) in [4.78, 5) is 26.2. The second kappa shape index (κ2) is 7.53. The number of carbonyl (C=O) groups is 2. The fourth-order valence-corrected chi connectivity index (χ4v) is 3.06. The van der Waals surface area contributed by atoms with Crippen LogP contribution in [-0.4, -0.2) is 46.6 Å². The summed E-state index contributed by atoms with van der Waals surface area (Å²) in [6, 6.07) is 3.66. The van der Waals surface area contributed by atoms with Gasteiger partial charge in [0.05, 0.1) is 0 Å². The molecule has 6 heteroatoms. The first kappa shape index (κ1) is 17.4. The summed E-state index contributed by atoms with van der Waals surface area (Å²) in [7, 11) is 2.03. The third-order valence-electron chi connectivity index (χ3n) is 4.40. The molecule has 2 heterocycles. The van der Waals surface area contributed by atoms with Gasteiger partial charge in [-0.3, -0.25) is 4.79 Å². The lowest BCUT2D eigenvalue weighted by Crippen LogP contribution is -2.61. The number of hydrogen-bond donors (Lipinski definition) is 2. The van der Waals surface area contributed by atoms with E-state index in [1.165, 1.54) is 5.69 Å². The number of nitrogens with one attached hydrogen (secondary N) is 2. The van der Waals surface area contributed by atoms with E-state index in [0.717, 1.165) is 12.8 Å². The second-order valence-corrected chi connectivity index (χ2v) is 6.67. The highest BCUT2D eigenvalue weighted by Crippen LogP contribution is 2.15. The Kier molecular flexibility index (Phi) is 5.69. The Hall–Kier alpha value is -1.98. The van der Waals surface area contributed by atoms with Crippen molar-refractivity contribution in [2.45, 2.75) is 45.7 Å². The molecule has 0 spiro atoms. The molecule has 1 aromatic rings. The lowest BCUT2D eigenvalue weighted by molar-refractivity contribution is -0.129. The van der Waals surface area contributed by atoms with E-state index < -0.39 is 0 Å². The molecule has 0 unspecified atom stereocenters. The molecule has 2 rings (SSSR count). The van der Waals surface area contributed by atoms with Gasteiger partial charge in [-0.25, -0.2) is 4.79 Å². The summed E-state index contributed by atoms with van der Waals surface area (Å²) < 4.78 is 2.10. The van der Waals surface area contributed by atoms with E-state index in [9.17, 15) is 9.59 Å². The van der Waals surface area contributed by atoms with Crippen LogP contribution in [0.15, 0.2) is 18.3 Å². The smallest absolute Gasteiger partial charge is 0.318 e. The van der Waals surface area contributed by atoms with Crippen molar-refractivity contribution < 1.29 is 9.59 Å². The summed E-state index contributed by atoms with van der Waals surface area (Å²) in [6.45, 7) is 7.02. The molecular weight excluding hydrogens is 292 g/mol. The summed E-state index contributed by atoms with van der Waals surface area (Å²) >= 11 is 0. The largest absolute Gasteiger partial charge is 0.354 e. The average Bonchev–Trinajstić information content (AvgIpc) is 2.89. The Balaban J connectivity index is 1.89. The fourth-order valence-electron chi connectivity index (χ4n) is 3.06. The van der Waals surface area contributed by atoms with Gasteiger partial charge in [0, 0.05) is 38.1 Å². The first-order chi connectivity index (χ1) is 10.9. The minimum atomic E-state index is -0.385. The van der Waals surface area contributed by atoms with Gasteiger partial charge in [-0.15, -0.1) is 0 Å². The van der Waals surface area contributed by atoms with Crippen LogP contribution >= 0.6 is 0 Å². The van der Waals surface area contributed by atoms with Gasteiger partial charge in [0.2, 0.25) is 5.91 Å². The molecule has 1 fully saturated rings. The summed E-state index contributed by atoms with van der Waals surface area (Å²) in [6.07, 6.45) is 3.81. The fraction of sp³-hybridized carbons (Fsp3) is 0.647. The zero-order chi connectivity index (χ0) is 17.0. The number of urea groups is 1. The van der Waals surface area contributed by atoms with Crippen LogP contribution in [0.25, 0.3) is 0 Å². The number of hydrogen-bond acceptors (Lipinski definition) is 2. The van der Waals surface area contributed by atoms with Crippen LogP contribution in [0, 0.1) is 5.92 Å². The lowest BCUT2D eigenvalue weighted by atomic mass is 10.00. The molecule has 128 valence electrons. The van der Waals surface area contributed by atoms with E-state index in [2.05, 4.69) is 21.3 Å². The molecule has 0 radical (unpaired) electrons. The number of nitrogens with zero attached hydrogens (tertiary/aromatic N) is 2. The van der Waals surface area contributed by atoms with Crippen LogP contribution in [0.2, 0.25) is 0 Å². The van der Waals surface area contributed by atoms with Crippen molar-refractivity contribution in [2.75, 3.05) is 13.1 Å². The van der Waals surface area contributed by atoms with E-state index in [4.69, 9.17) is 0 Å². The van der Waals surface area contributed by atoms with Crippen LogP contribution in [0.4, 0.5) is 4.79 Å². The molecule has 0 bridgehead atoms. The molecule has 2 atom stereocenters. The summed E-state index contributed by atoms with van der Waals surface area (Å²) in [5.41, 5.74) is 1.25. The average molecular weight is 320 g/mol. The Bertz CT molecular complexity index is 553. The maximum absolute atomic E-state index is 12.5. The molecule has 0 aromatic carbocycles. The van der Waals surface area contributed by atoms with Gasteiger partial charge in [0.25, 0.3) is 0 Å². The van der Waals surface area contributed by atoms with Crippen LogP contribution in [-0.2, 0) is 18.3 Å². The SMILES string of the molecule is CC(C)[C@@H]1C(=O)NCCN1C(=O)N[C@@H](C)CCc1cccn1C. The number of aromatic nitrogens is 1. The number of rotatable bonds is 5. The highest BCUT2D eigenvalue weighted by atomic mass is 16.2. The molecule has 1 aliphatic rings. The first-order valence-electron chi connectivity index (χ1n) is 8.35. The summed E-state index contributed by atoms with van der Waals surface area (Å²) in [5, 5.41) is 5.87. The third-order valence-corrected chi connectivity index (χ3v) is 4.40. The number of carbonyl (C=O) groups excluding carboxylic acids is 2. The van der Waals surface area contributed by atoms with E-state index in [1.54, 1.807) is 4.90 Å². The maximum Gasteiger partial charge on any atom is 0.318 e. The molecular formula is C17H28N4O2. The minimum Gasteiger partial charge on any atom is -0.354 e. The molecule has 1 aliphatic heterocycles. The Morgan fingerprint density at radius 3 is 2.78 bits per heavy atom. The van der Waals surface area contributed by atoms with Gasteiger partial charge >= 0.3 is 6.03 Å². The minimum absolute atomic E-state index is 0.0575. The molecule has 2 N–H and O–H groups in total. The Morgan fingerprint density at radius 2 is 2.17 bits per heavy atom. The highest BCUT2D eigenvalue weighted by molar-refractivity contribution is 5.88. The molecule has 1 saturated heterocycles. The Morgan fingerprint density at radius 1 is 1.43 bits per heavy atom. The predicted molar refractivity (Wildman–Crippen MR) is 90.1 cm³/mol. The van der Waals surface area contributed by atoms with Gasteiger partial charge in [-0.05, 0) is 37.8 Å². The van der Waals surface area contributed by atoms with Gasteiger partial charge in [0.15, 0.2) is 0 Å². The molecule has 6 nitrogen and oxygen atoms in total. The zero-order valence-electron chi connectivity index (χ0n) is 14.5. The molecule has 0 saturated carbocycles. The number of aryl methyl sites for hydroxylation is 2. The first-order valence-corrected chi connectivity index (χ1v) is 8.35. The van der Waals surface area contributed by atoms with Crippen LogP contribution in [0.5, 0.6) is 0 Å². The van der Waals surface area contributed by atoms with E-state index >= 15 is 0 Å². The molecule has 3 amide bonds. The van der Waals surface area contributed by atoms with Gasteiger partial charge in [-0.2, -0.15) is 0 Å². The van der Waals surface area contributed by atoms with Crippen molar-refractivity contribution >= 4 is 11.9 Å². The number of amides is 3. The van der Waals surface area contributed by atoms with Crippen molar-refractivity contribution in [3.05, 3.63) is 24.0 Å². The van der Waals surface area contributed by atoms with Crippen molar-refractivity contribution in [3.8, 4) is 0 Å². The Labute approximate surface area is 138 Å². The highest BCUT2D eigenvalue weighted by Gasteiger charge is 2.35. The van der Waals surface area contributed by atoms with Crippen LogP contribution in [0.1, 0.15) is 32.9 Å². The van der Waals surface area contributed by atoms with Crippen molar-refractivity contribution in [1.29, 1.82) is 0 Å². The third kappa shape index (κ3) is 4.27. The van der Waals surface area contributed by atoms with Gasteiger partial charge < -0.3 is 20.1 Å². The predicted octanol–water partition coefficient (Wildman–Crippen LogP) is 1.51. The monoisotopic (exact) mass is 320 g/mol. The maximum atomic E-state index is 12.5. The second-order valence-electron chi connectivity index (χ2n) is 6.67. The van der Waals surface area contributed by atoms with E-state index in [1.807, 2.05) is 40.1 Å². The van der Waals surface area contributed by atoms with Crippen LogP contribution in [0.3, 0.4) is 0 Å². The van der Waals surface area contributed by atoms with E-state index in [0.29, 0.717) is 13.1 Å². The summed E-state index contributed by atoms with van der Waals surface area (Å²) in [5.74, 6) is 0.0394. The zero-order valence-corrected chi connectivity index (χ0v) is 14.5. The standard InChI is InChI=1S/C17H28N4O2/c1-12(2)15-16(22)18-9-11-21(15)17(23)19-13(3)7-8-14-6-5-10-20(14)4/h5-6,10,12-13,15H,7-9,11H2,1-4H3,(H,18,22)(H,19,23)/t13-,15+/m0/s1. The van der Waals surface area contributed by atoms with Gasteiger partial charge in [-0.1, -0.05) is 13.8 Å². The lowest BCUT2D eigenvalue weighted by Gasteiger charge is -2.37. The number of piperazine rings is 1. The van der Waals surface area contributed by atoms with Crippen molar-refractivity contribution in [2.24, 2.45) is 13.0 Å². The van der Waals surface area contributed by atoms with Crippen molar-refractivity contribution in [1.82, 2.24) is 20.1 Å². The topological polar surface area (TPSA) is 66.4 Å². The van der Waals surface area contributed by atoms with Gasteiger partial charge in [0.1, 0.15) is 6.04 Å². The molecule has 0 aliphatic carbocycles. The molecule has 23 heavy (non-hydrogen) atoms. The quantitative estimate of drug-likeness (QED) is 0.864. The molecule has 1 aromatic heterocycles. The van der Waals surface area contributed by atoms with Crippen molar-refractivity contribution in [3.63, 3.8) is 0 Å².